The van der Waals surface area contributed by atoms with Crippen molar-refractivity contribution in [1.82, 2.24) is 0 Å². The lowest BCUT2D eigenvalue weighted by atomic mass is 10.1. The van der Waals surface area contributed by atoms with Gasteiger partial charge in [-0.3, -0.25) is 4.79 Å². The molecule has 25 heavy (non-hydrogen) atoms. The van der Waals surface area contributed by atoms with E-state index in [0.717, 1.165) is 11.3 Å². The van der Waals surface area contributed by atoms with Crippen LogP contribution in [0.5, 0.6) is 11.5 Å². The van der Waals surface area contributed by atoms with Gasteiger partial charge >= 0.3 is 5.97 Å². The summed E-state index contributed by atoms with van der Waals surface area (Å²) in [4.78, 5) is 24.2. The van der Waals surface area contributed by atoms with Crippen LogP contribution in [0, 0.1) is 0 Å². The van der Waals surface area contributed by atoms with Gasteiger partial charge in [-0.25, -0.2) is 4.79 Å². The van der Waals surface area contributed by atoms with Gasteiger partial charge in [0.15, 0.2) is 11.5 Å². The number of anilines is 1. The summed E-state index contributed by atoms with van der Waals surface area (Å²) >= 11 is 0. The van der Waals surface area contributed by atoms with Gasteiger partial charge in [0, 0.05) is 6.42 Å². The Labute approximate surface area is 145 Å². The van der Waals surface area contributed by atoms with Crippen molar-refractivity contribution in [3.05, 3.63) is 53.6 Å². The van der Waals surface area contributed by atoms with E-state index in [9.17, 15) is 9.59 Å². The number of nitrogens with one attached hydrogen (secondary N) is 1. The Morgan fingerprint density at radius 2 is 1.92 bits per heavy atom. The Hall–Kier alpha value is -3.02. The predicted octanol–water partition coefficient (Wildman–Crippen LogP) is 3.16. The van der Waals surface area contributed by atoms with Crippen molar-refractivity contribution in [2.75, 3.05) is 18.7 Å². The number of rotatable bonds is 6. The van der Waals surface area contributed by atoms with Crippen LogP contribution in [0.25, 0.3) is 0 Å². The number of esters is 1. The molecule has 2 aromatic rings. The highest BCUT2D eigenvalue weighted by molar-refractivity contribution is 6.01. The molecule has 0 saturated heterocycles. The normalized spacial score (nSPS) is 11.9. The minimum atomic E-state index is -0.450. The molecule has 0 aliphatic carbocycles. The lowest BCUT2D eigenvalue weighted by Crippen LogP contribution is -2.16. The minimum absolute atomic E-state index is 0.172. The topological polar surface area (TPSA) is 73.9 Å². The molecule has 0 aromatic heterocycles. The van der Waals surface area contributed by atoms with Gasteiger partial charge in [-0.2, -0.15) is 0 Å². The summed E-state index contributed by atoms with van der Waals surface area (Å²) in [6.45, 7) is 2.25. The highest BCUT2D eigenvalue weighted by Gasteiger charge is 2.15. The van der Waals surface area contributed by atoms with Crippen molar-refractivity contribution in [1.29, 1.82) is 0 Å². The van der Waals surface area contributed by atoms with E-state index < -0.39 is 5.97 Å². The smallest absolute Gasteiger partial charge is 0.340 e. The second kappa shape index (κ2) is 7.70. The molecule has 2 aromatic carbocycles. The van der Waals surface area contributed by atoms with Gasteiger partial charge in [0.2, 0.25) is 12.7 Å². The van der Waals surface area contributed by atoms with Crippen molar-refractivity contribution in [2.24, 2.45) is 0 Å². The molecule has 130 valence electrons. The van der Waals surface area contributed by atoms with E-state index in [0.29, 0.717) is 23.4 Å². The SMILES string of the molecule is CCOC(=O)c1ccccc1NC(=O)CCc1ccc2c(c1)OCO2. The fraction of sp³-hybridized carbons (Fsp3) is 0.263. The van der Waals surface area contributed by atoms with Gasteiger partial charge in [-0.15, -0.1) is 0 Å². The molecule has 0 fully saturated rings. The van der Waals surface area contributed by atoms with Crippen LogP contribution in [0.2, 0.25) is 0 Å². The first-order valence-corrected chi connectivity index (χ1v) is 8.12. The first-order chi connectivity index (χ1) is 12.2. The van der Waals surface area contributed by atoms with Gasteiger partial charge in [0.05, 0.1) is 17.9 Å². The molecule has 0 bridgehead atoms. The number of amides is 1. The first-order valence-electron chi connectivity index (χ1n) is 8.12. The molecule has 1 amide bonds. The third-order valence-electron chi connectivity index (χ3n) is 3.77. The first kappa shape index (κ1) is 16.8. The number of carbonyl (C=O) groups is 2. The van der Waals surface area contributed by atoms with Crippen LogP contribution < -0.4 is 14.8 Å². The molecule has 6 nitrogen and oxygen atoms in total. The van der Waals surface area contributed by atoms with E-state index in [1.54, 1.807) is 31.2 Å². The molecule has 6 heteroatoms. The maximum atomic E-state index is 12.2. The molecular formula is C19H19NO5. The van der Waals surface area contributed by atoms with Gasteiger partial charge in [-0.05, 0) is 43.2 Å². The Morgan fingerprint density at radius 3 is 2.76 bits per heavy atom. The number of hydrogen-bond donors (Lipinski definition) is 1. The summed E-state index contributed by atoms with van der Waals surface area (Å²) < 4.78 is 15.6. The second-order valence-corrected chi connectivity index (χ2v) is 5.50. The number of hydrogen-bond acceptors (Lipinski definition) is 5. The van der Waals surface area contributed by atoms with Crippen LogP contribution in [0.3, 0.4) is 0 Å². The number of aryl methyl sites for hydroxylation is 1. The number of para-hydroxylation sites is 1. The zero-order valence-corrected chi connectivity index (χ0v) is 13.9. The molecule has 1 heterocycles. The summed E-state index contributed by atoms with van der Waals surface area (Å²) in [5, 5.41) is 2.78. The van der Waals surface area contributed by atoms with Crippen LogP contribution in [0.1, 0.15) is 29.3 Å². The van der Waals surface area contributed by atoms with Crippen molar-refractivity contribution in [2.45, 2.75) is 19.8 Å². The molecular weight excluding hydrogens is 322 g/mol. The van der Waals surface area contributed by atoms with Crippen molar-refractivity contribution in [3.63, 3.8) is 0 Å². The maximum absolute atomic E-state index is 12.2. The van der Waals surface area contributed by atoms with E-state index in [4.69, 9.17) is 14.2 Å². The number of ether oxygens (including phenoxy) is 3. The fourth-order valence-corrected chi connectivity index (χ4v) is 2.55. The van der Waals surface area contributed by atoms with E-state index >= 15 is 0 Å². The Balaban J connectivity index is 1.60. The zero-order valence-electron chi connectivity index (χ0n) is 13.9. The van der Waals surface area contributed by atoms with Crippen molar-refractivity contribution >= 4 is 17.6 Å². The standard InChI is InChI=1S/C19H19NO5/c1-2-23-19(22)14-5-3-4-6-15(14)20-18(21)10-8-13-7-9-16-17(11-13)25-12-24-16/h3-7,9,11H,2,8,10,12H2,1H3,(H,20,21). The quantitative estimate of drug-likeness (QED) is 0.817. The lowest BCUT2D eigenvalue weighted by Gasteiger charge is -2.10. The Kier molecular flexibility index (Phi) is 5.18. The minimum Gasteiger partial charge on any atom is -0.462 e. The summed E-state index contributed by atoms with van der Waals surface area (Å²) in [6.07, 6.45) is 0.848. The maximum Gasteiger partial charge on any atom is 0.340 e. The summed E-state index contributed by atoms with van der Waals surface area (Å²) in [5.74, 6) is 0.797. The van der Waals surface area contributed by atoms with Gasteiger partial charge in [-0.1, -0.05) is 18.2 Å². The van der Waals surface area contributed by atoms with E-state index in [1.165, 1.54) is 0 Å². The van der Waals surface area contributed by atoms with Gasteiger partial charge in [0.25, 0.3) is 0 Å². The molecule has 1 aliphatic heterocycles. The molecule has 0 unspecified atom stereocenters. The molecule has 0 radical (unpaired) electrons. The molecule has 1 N–H and O–H groups in total. The highest BCUT2D eigenvalue weighted by Crippen LogP contribution is 2.32. The Bertz CT molecular complexity index is 787. The molecule has 0 saturated carbocycles. The van der Waals surface area contributed by atoms with E-state index in [1.807, 2.05) is 18.2 Å². The molecule has 0 spiro atoms. The van der Waals surface area contributed by atoms with Gasteiger partial charge in [0.1, 0.15) is 0 Å². The lowest BCUT2D eigenvalue weighted by molar-refractivity contribution is -0.116. The third-order valence-corrected chi connectivity index (χ3v) is 3.77. The number of carbonyl (C=O) groups excluding carboxylic acids is 2. The van der Waals surface area contributed by atoms with Crippen LogP contribution in [-0.4, -0.2) is 25.3 Å². The fourth-order valence-electron chi connectivity index (χ4n) is 2.55. The molecule has 3 rings (SSSR count). The molecule has 1 aliphatic rings. The van der Waals surface area contributed by atoms with Gasteiger partial charge < -0.3 is 19.5 Å². The third kappa shape index (κ3) is 4.09. The van der Waals surface area contributed by atoms with Crippen molar-refractivity contribution in [3.8, 4) is 11.5 Å². The van der Waals surface area contributed by atoms with Crippen LogP contribution in [0.15, 0.2) is 42.5 Å². The van der Waals surface area contributed by atoms with Crippen LogP contribution in [0.4, 0.5) is 5.69 Å². The van der Waals surface area contributed by atoms with Crippen LogP contribution >= 0.6 is 0 Å². The number of benzene rings is 2. The average Bonchev–Trinajstić information content (AvgIpc) is 3.08. The largest absolute Gasteiger partial charge is 0.462 e. The van der Waals surface area contributed by atoms with E-state index in [2.05, 4.69) is 5.32 Å². The zero-order chi connectivity index (χ0) is 17.6. The number of fused-ring (bicyclic) bond motifs is 1. The summed E-state index contributed by atoms with van der Waals surface area (Å²) in [6, 6.07) is 12.4. The highest BCUT2D eigenvalue weighted by atomic mass is 16.7. The average molecular weight is 341 g/mol. The molecule has 0 atom stereocenters. The van der Waals surface area contributed by atoms with E-state index in [-0.39, 0.29) is 25.7 Å². The predicted molar refractivity (Wildman–Crippen MR) is 91.9 cm³/mol. The summed E-state index contributed by atoms with van der Waals surface area (Å²) in [7, 11) is 0. The second-order valence-electron chi connectivity index (χ2n) is 5.50. The summed E-state index contributed by atoms with van der Waals surface area (Å²) in [5.41, 5.74) is 1.79. The monoisotopic (exact) mass is 341 g/mol. The van der Waals surface area contributed by atoms with Crippen LogP contribution in [-0.2, 0) is 16.0 Å². The Morgan fingerprint density at radius 1 is 1.12 bits per heavy atom. The van der Waals surface area contributed by atoms with Crippen molar-refractivity contribution < 1.29 is 23.8 Å².